The maximum atomic E-state index is 13.4. The van der Waals surface area contributed by atoms with E-state index in [9.17, 15) is 19.7 Å². The zero-order chi connectivity index (χ0) is 32.3. The quantitative estimate of drug-likeness (QED) is 0.0895. The number of carbonyl (C=O) groups is 2. The molecule has 242 valence electrons. The van der Waals surface area contributed by atoms with E-state index in [4.69, 9.17) is 23.7 Å². The van der Waals surface area contributed by atoms with Crippen LogP contribution in [0.15, 0.2) is 71.1 Å². The van der Waals surface area contributed by atoms with Gasteiger partial charge in [-0.2, -0.15) is 0 Å². The third-order valence-electron chi connectivity index (χ3n) is 8.04. The lowest BCUT2D eigenvalue weighted by Crippen LogP contribution is -2.32. The van der Waals surface area contributed by atoms with Gasteiger partial charge < -0.3 is 29.0 Å². The topological polar surface area (TPSA) is 135 Å². The second-order valence-corrected chi connectivity index (χ2v) is 11.3. The maximum Gasteiger partial charge on any atom is 0.336 e. The minimum atomic E-state index is -0.926. The van der Waals surface area contributed by atoms with E-state index < -0.39 is 22.8 Å². The van der Waals surface area contributed by atoms with Crippen LogP contribution in [0.1, 0.15) is 69.9 Å². The molecule has 1 fully saturated rings. The number of methoxy groups -OCH3 is 1. The number of nitrogens with zero attached hydrogens (tertiary/aromatic N) is 1. The Morgan fingerprint density at radius 3 is 2.33 bits per heavy atom. The molecule has 1 heterocycles. The van der Waals surface area contributed by atoms with E-state index in [1.165, 1.54) is 44.6 Å². The highest BCUT2D eigenvalue weighted by Crippen LogP contribution is 2.40. The van der Waals surface area contributed by atoms with Gasteiger partial charge in [0, 0.05) is 23.5 Å². The Labute approximate surface area is 263 Å². The van der Waals surface area contributed by atoms with Crippen molar-refractivity contribution in [1.29, 1.82) is 0 Å². The predicted octanol–water partition coefficient (Wildman–Crippen LogP) is 5.88. The zero-order valence-electron chi connectivity index (χ0n) is 26.3. The van der Waals surface area contributed by atoms with Gasteiger partial charge in [-0.3, -0.25) is 10.1 Å². The standard InChI is InChI=1S/C34H42N2O9/c1-22(44-21-45-28-11-6-5-7-12-28)19-25-13-15-29(16-14-25)42-17-18-43-34(38)31-24(3)35-23(2)30(33(37)41-4)32(31)26-9-8-10-27(20-26)36(39)40/h8-10,13-16,20,22,28,32,35H,5-7,11-12,17-19,21H2,1-4H3/t22-,32?/m0/s1. The van der Waals surface area contributed by atoms with Gasteiger partial charge in [0.25, 0.3) is 5.69 Å². The molecule has 1 unspecified atom stereocenters. The Balaban J connectivity index is 1.31. The molecule has 2 atom stereocenters. The SMILES string of the molecule is COC(=O)C1=C(C)NC(C)=C(C(=O)OCCOc2ccc(C[C@H](C)OCOC3CCCCC3)cc2)C1c1cccc([N+](=O)[O-])c1. The summed E-state index contributed by atoms with van der Waals surface area (Å²) in [5.41, 5.74) is 2.61. The number of hydrogen-bond acceptors (Lipinski definition) is 10. The Hall–Kier alpha value is -4.22. The molecule has 1 aliphatic heterocycles. The van der Waals surface area contributed by atoms with Crippen LogP contribution in [0, 0.1) is 10.1 Å². The number of nitrogens with one attached hydrogen (secondary N) is 1. The summed E-state index contributed by atoms with van der Waals surface area (Å²) < 4.78 is 28.1. The van der Waals surface area contributed by atoms with E-state index in [0.717, 1.165) is 24.8 Å². The first-order valence-electron chi connectivity index (χ1n) is 15.3. The van der Waals surface area contributed by atoms with Gasteiger partial charge in [-0.15, -0.1) is 0 Å². The van der Waals surface area contributed by atoms with E-state index in [-0.39, 0.29) is 36.2 Å². The molecule has 1 aliphatic carbocycles. The van der Waals surface area contributed by atoms with Gasteiger partial charge in [-0.25, -0.2) is 9.59 Å². The Kier molecular flexibility index (Phi) is 12.1. The maximum absolute atomic E-state index is 13.4. The normalized spacial score (nSPS) is 17.8. The summed E-state index contributed by atoms with van der Waals surface area (Å²) in [7, 11) is 1.24. The molecule has 1 N–H and O–H groups in total. The molecule has 11 nitrogen and oxygen atoms in total. The third-order valence-corrected chi connectivity index (χ3v) is 8.04. The molecule has 0 bridgehead atoms. The molecule has 0 radical (unpaired) electrons. The van der Waals surface area contributed by atoms with Crippen LogP contribution in [0.3, 0.4) is 0 Å². The number of carbonyl (C=O) groups excluding carboxylic acids is 2. The fourth-order valence-corrected chi connectivity index (χ4v) is 5.76. The molecule has 0 saturated heterocycles. The Morgan fingerprint density at radius 2 is 1.67 bits per heavy atom. The third kappa shape index (κ3) is 9.15. The number of hydrogen-bond donors (Lipinski definition) is 1. The second kappa shape index (κ2) is 16.2. The van der Waals surface area contributed by atoms with Gasteiger partial charge in [-0.05, 0) is 63.3 Å². The number of rotatable bonds is 14. The summed E-state index contributed by atoms with van der Waals surface area (Å²) in [4.78, 5) is 37.1. The summed E-state index contributed by atoms with van der Waals surface area (Å²) in [6, 6.07) is 13.5. The van der Waals surface area contributed by atoms with Gasteiger partial charge in [0.05, 0.1) is 41.3 Å². The van der Waals surface area contributed by atoms with Crippen molar-refractivity contribution in [3.05, 3.63) is 92.3 Å². The lowest BCUT2D eigenvalue weighted by Gasteiger charge is -2.30. The molecular weight excluding hydrogens is 580 g/mol. The Morgan fingerprint density at radius 1 is 0.978 bits per heavy atom. The number of esters is 2. The molecule has 0 aromatic heterocycles. The number of nitro benzene ring substituents is 1. The second-order valence-electron chi connectivity index (χ2n) is 11.3. The van der Waals surface area contributed by atoms with Crippen LogP contribution in [0.4, 0.5) is 5.69 Å². The van der Waals surface area contributed by atoms with Crippen molar-refractivity contribution < 1.29 is 38.2 Å². The molecule has 11 heteroatoms. The lowest BCUT2D eigenvalue weighted by molar-refractivity contribution is -0.384. The smallest absolute Gasteiger partial charge is 0.336 e. The highest BCUT2D eigenvalue weighted by Gasteiger charge is 2.38. The molecule has 4 rings (SSSR count). The van der Waals surface area contributed by atoms with Gasteiger partial charge in [-0.1, -0.05) is 43.5 Å². The number of nitro groups is 1. The number of allylic oxidation sites excluding steroid dienone is 2. The highest BCUT2D eigenvalue weighted by atomic mass is 16.7. The van der Waals surface area contributed by atoms with Crippen LogP contribution in [-0.4, -0.2) is 56.2 Å². The van der Waals surface area contributed by atoms with Gasteiger partial charge in [0.1, 0.15) is 25.8 Å². The summed E-state index contributed by atoms with van der Waals surface area (Å²) in [6.45, 7) is 5.75. The summed E-state index contributed by atoms with van der Waals surface area (Å²) in [6.07, 6.45) is 7.03. The van der Waals surface area contributed by atoms with Crippen molar-refractivity contribution in [1.82, 2.24) is 5.32 Å². The molecule has 0 spiro atoms. The molecule has 2 aliphatic rings. The van der Waals surface area contributed by atoms with Crippen LogP contribution < -0.4 is 10.1 Å². The van der Waals surface area contributed by atoms with E-state index in [2.05, 4.69) is 5.32 Å². The minimum absolute atomic E-state index is 0.0102. The largest absolute Gasteiger partial charge is 0.490 e. The van der Waals surface area contributed by atoms with Crippen LogP contribution in [-0.2, 0) is 35.0 Å². The molecule has 1 saturated carbocycles. The van der Waals surface area contributed by atoms with Crippen molar-refractivity contribution in [2.75, 3.05) is 27.1 Å². The van der Waals surface area contributed by atoms with Crippen molar-refractivity contribution in [2.45, 2.75) is 77.4 Å². The van der Waals surface area contributed by atoms with E-state index >= 15 is 0 Å². The number of non-ortho nitro benzene ring substituents is 1. The zero-order valence-corrected chi connectivity index (χ0v) is 26.3. The van der Waals surface area contributed by atoms with E-state index in [0.29, 0.717) is 35.6 Å². The average Bonchev–Trinajstić information content (AvgIpc) is 3.03. The Bertz CT molecular complexity index is 1410. The first-order chi connectivity index (χ1) is 21.7. The van der Waals surface area contributed by atoms with Crippen LogP contribution in [0.5, 0.6) is 5.75 Å². The van der Waals surface area contributed by atoms with Gasteiger partial charge in [0.15, 0.2) is 0 Å². The van der Waals surface area contributed by atoms with Crippen molar-refractivity contribution in [3.8, 4) is 5.75 Å². The van der Waals surface area contributed by atoms with Crippen molar-refractivity contribution in [2.24, 2.45) is 0 Å². The average molecular weight is 623 g/mol. The highest BCUT2D eigenvalue weighted by molar-refractivity contribution is 5.99. The lowest BCUT2D eigenvalue weighted by atomic mass is 9.80. The summed E-state index contributed by atoms with van der Waals surface area (Å²) in [5, 5.41) is 14.5. The summed E-state index contributed by atoms with van der Waals surface area (Å²) >= 11 is 0. The first-order valence-corrected chi connectivity index (χ1v) is 15.3. The molecule has 0 amide bonds. The van der Waals surface area contributed by atoms with Crippen molar-refractivity contribution in [3.63, 3.8) is 0 Å². The summed E-state index contributed by atoms with van der Waals surface area (Å²) in [5.74, 6) is -1.63. The molecule has 2 aromatic rings. The molecule has 2 aromatic carbocycles. The van der Waals surface area contributed by atoms with Crippen LogP contribution in [0.25, 0.3) is 0 Å². The van der Waals surface area contributed by atoms with E-state index in [1.807, 2.05) is 31.2 Å². The number of dihydropyridines is 1. The molecule has 45 heavy (non-hydrogen) atoms. The predicted molar refractivity (Wildman–Crippen MR) is 166 cm³/mol. The van der Waals surface area contributed by atoms with Gasteiger partial charge in [0.2, 0.25) is 0 Å². The number of ether oxygens (including phenoxy) is 5. The minimum Gasteiger partial charge on any atom is -0.490 e. The van der Waals surface area contributed by atoms with Crippen LogP contribution in [0.2, 0.25) is 0 Å². The van der Waals surface area contributed by atoms with E-state index in [1.54, 1.807) is 19.9 Å². The first kappa shape index (κ1) is 33.7. The van der Waals surface area contributed by atoms with Gasteiger partial charge >= 0.3 is 11.9 Å². The fraction of sp³-hybridized carbons (Fsp3) is 0.471. The molecular formula is C34H42N2O9. The van der Waals surface area contributed by atoms with Crippen molar-refractivity contribution >= 4 is 17.6 Å². The van der Waals surface area contributed by atoms with Crippen LogP contribution >= 0.6 is 0 Å². The number of benzene rings is 2. The fourth-order valence-electron chi connectivity index (χ4n) is 5.76. The monoisotopic (exact) mass is 622 g/mol.